The van der Waals surface area contributed by atoms with Gasteiger partial charge in [-0.25, -0.2) is 0 Å². The van der Waals surface area contributed by atoms with Gasteiger partial charge in [0.15, 0.2) is 0 Å². The molecule has 0 aliphatic carbocycles. The Bertz CT molecular complexity index is 2240. The van der Waals surface area contributed by atoms with E-state index in [1.54, 1.807) is 0 Å². The van der Waals surface area contributed by atoms with E-state index in [0.717, 1.165) is 11.5 Å². The van der Waals surface area contributed by atoms with Crippen LogP contribution in [0.4, 0.5) is 0 Å². The van der Waals surface area contributed by atoms with Crippen molar-refractivity contribution >= 4 is 64.6 Å². The molecule has 192 valence electrons. The molecule has 0 N–H and O–H groups in total. The Morgan fingerprint density at radius 3 is 1.95 bits per heavy atom. The monoisotopic (exact) mass is 516 g/mol. The summed E-state index contributed by atoms with van der Waals surface area (Å²) >= 11 is 0. The van der Waals surface area contributed by atoms with Crippen molar-refractivity contribution in [1.29, 1.82) is 0 Å². The van der Waals surface area contributed by atoms with E-state index in [-0.39, 0.29) is 0 Å². The highest BCUT2D eigenvalue weighted by Crippen LogP contribution is 2.50. The van der Waals surface area contributed by atoms with Crippen molar-refractivity contribution < 1.29 is 9.47 Å². The van der Waals surface area contributed by atoms with Gasteiger partial charge in [0.25, 0.3) is 0 Å². The topological polar surface area (TPSA) is 18.5 Å². The molecule has 0 aromatic heterocycles. The van der Waals surface area contributed by atoms with Crippen LogP contribution in [-0.2, 0) is 0 Å². The fourth-order valence-electron chi connectivity index (χ4n) is 6.84. The fourth-order valence-corrected chi connectivity index (χ4v) is 6.84. The van der Waals surface area contributed by atoms with Gasteiger partial charge in [0, 0.05) is 10.8 Å². The lowest BCUT2D eigenvalue weighted by Gasteiger charge is -2.21. The molecule has 0 atom stereocenters. The number of ether oxygens (including phenoxy) is 2. The van der Waals surface area contributed by atoms with Crippen LogP contribution in [-0.4, -0.2) is 13.2 Å². The van der Waals surface area contributed by atoms with Gasteiger partial charge in [0.2, 0.25) is 0 Å². The minimum Gasteiger partial charge on any atom is -0.494 e. The van der Waals surface area contributed by atoms with Gasteiger partial charge in [0.1, 0.15) is 11.5 Å². The molecule has 0 radical (unpaired) electrons. The van der Waals surface area contributed by atoms with E-state index in [1.165, 1.54) is 75.8 Å². The van der Waals surface area contributed by atoms with Crippen LogP contribution in [0.3, 0.4) is 0 Å². The third-order valence-corrected chi connectivity index (χ3v) is 8.33. The van der Waals surface area contributed by atoms with Crippen LogP contribution < -0.4 is 9.47 Å². The van der Waals surface area contributed by atoms with Crippen LogP contribution in [0.25, 0.3) is 75.8 Å². The van der Waals surface area contributed by atoms with E-state index < -0.39 is 0 Å². The summed E-state index contributed by atoms with van der Waals surface area (Å²) in [4.78, 5) is 0. The molecule has 0 aliphatic heterocycles. The number of hydrogen-bond donors (Lipinski definition) is 0. The molecule has 0 fully saturated rings. The Labute approximate surface area is 232 Å². The lowest BCUT2D eigenvalue weighted by atomic mass is 9.82. The third-order valence-electron chi connectivity index (χ3n) is 8.33. The average Bonchev–Trinajstić information content (AvgIpc) is 2.99. The molecule has 0 amide bonds. The maximum atomic E-state index is 6.25. The van der Waals surface area contributed by atoms with E-state index in [9.17, 15) is 0 Å². The van der Waals surface area contributed by atoms with Gasteiger partial charge in [-0.05, 0) is 97.0 Å². The van der Waals surface area contributed by atoms with Crippen molar-refractivity contribution in [3.05, 3.63) is 109 Å². The zero-order chi connectivity index (χ0) is 26.8. The van der Waals surface area contributed by atoms with Crippen LogP contribution >= 0.6 is 0 Å². The van der Waals surface area contributed by atoms with Crippen molar-refractivity contribution in [2.45, 2.75) is 13.8 Å². The zero-order valence-corrected chi connectivity index (χ0v) is 22.6. The summed E-state index contributed by atoms with van der Waals surface area (Å²) in [5, 5.41) is 15.0. The van der Waals surface area contributed by atoms with E-state index in [0.29, 0.717) is 13.2 Å². The minimum absolute atomic E-state index is 0.630. The van der Waals surface area contributed by atoms with Crippen LogP contribution in [0.2, 0.25) is 0 Å². The molecule has 0 saturated heterocycles. The maximum absolute atomic E-state index is 6.25. The van der Waals surface area contributed by atoms with Crippen LogP contribution in [0.15, 0.2) is 109 Å². The first kappa shape index (κ1) is 23.1. The third kappa shape index (κ3) is 3.17. The molecule has 2 heteroatoms. The van der Waals surface area contributed by atoms with Gasteiger partial charge in [-0.2, -0.15) is 0 Å². The summed E-state index contributed by atoms with van der Waals surface area (Å²) in [7, 11) is 0. The summed E-state index contributed by atoms with van der Waals surface area (Å²) in [5.74, 6) is 1.85. The second kappa shape index (κ2) is 8.86. The molecule has 0 spiro atoms. The Kier molecular flexibility index (Phi) is 5.12. The second-order valence-corrected chi connectivity index (χ2v) is 10.4. The summed E-state index contributed by atoms with van der Waals surface area (Å²) in [5.41, 5.74) is 2.49. The first-order chi connectivity index (χ1) is 19.8. The smallest absolute Gasteiger partial charge is 0.127 e. The van der Waals surface area contributed by atoms with Gasteiger partial charge in [-0.3, -0.25) is 0 Å². The predicted molar refractivity (Wildman–Crippen MR) is 170 cm³/mol. The molecule has 0 aliphatic rings. The molecular weight excluding hydrogens is 488 g/mol. The standard InChI is InChI=1S/C38H28O2/c1-3-39-25-20-18-23-10-7-14-28(32(23)22-25)35-26-12-5-6-13-27(26)36-29-15-8-11-24-19-21-33(40-4-2)38(34(24)29)31-17-9-16-30(35)37(31)36/h5-22H,3-4H2,1-2H3. The Balaban J connectivity index is 1.64. The summed E-state index contributed by atoms with van der Waals surface area (Å²) in [6, 6.07) is 39.7. The molecular formula is C38H28O2. The number of benzene rings is 8. The Morgan fingerprint density at radius 2 is 1.10 bits per heavy atom. The van der Waals surface area contributed by atoms with E-state index in [1.807, 2.05) is 6.92 Å². The SMILES string of the molecule is CCOc1ccc2cccc(-c3c4ccccc4c4c5cccc6ccc(OCC)c(c7cccc3c74)c65)c2c1. The molecule has 0 unspecified atom stereocenters. The first-order valence-corrected chi connectivity index (χ1v) is 14.1. The van der Waals surface area contributed by atoms with Crippen molar-refractivity contribution in [3.8, 4) is 22.6 Å². The molecule has 40 heavy (non-hydrogen) atoms. The van der Waals surface area contributed by atoms with Gasteiger partial charge < -0.3 is 9.47 Å². The molecule has 8 aromatic carbocycles. The Hall–Kier alpha value is -4.82. The number of rotatable bonds is 5. The zero-order valence-electron chi connectivity index (χ0n) is 22.6. The molecule has 0 heterocycles. The van der Waals surface area contributed by atoms with Gasteiger partial charge in [0.05, 0.1) is 13.2 Å². The number of fused-ring (bicyclic) bond motifs is 5. The average molecular weight is 517 g/mol. The molecule has 2 nitrogen and oxygen atoms in total. The second-order valence-electron chi connectivity index (χ2n) is 10.4. The fraction of sp³-hybridized carbons (Fsp3) is 0.105. The van der Waals surface area contributed by atoms with Gasteiger partial charge in [-0.1, -0.05) is 91.0 Å². The summed E-state index contributed by atoms with van der Waals surface area (Å²) in [6.45, 7) is 5.36. The number of hydrogen-bond acceptors (Lipinski definition) is 2. The predicted octanol–water partition coefficient (Wildman–Crippen LogP) is 10.5. The normalized spacial score (nSPS) is 11.9. The summed E-state index contributed by atoms with van der Waals surface area (Å²) < 4.78 is 12.2. The lowest BCUT2D eigenvalue weighted by molar-refractivity contribution is 0.341. The van der Waals surface area contributed by atoms with E-state index >= 15 is 0 Å². The molecule has 0 saturated carbocycles. The quantitative estimate of drug-likeness (QED) is 0.167. The molecule has 8 aromatic rings. The highest BCUT2D eigenvalue weighted by Gasteiger charge is 2.22. The van der Waals surface area contributed by atoms with Crippen LogP contribution in [0.5, 0.6) is 11.5 Å². The van der Waals surface area contributed by atoms with Crippen molar-refractivity contribution in [1.82, 2.24) is 0 Å². The van der Waals surface area contributed by atoms with Crippen LogP contribution in [0.1, 0.15) is 13.8 Å². The highest BCUT2D eigenvalue weighted by atomic mass is 16.5. The van der Waals surface area contributed by atoms with Gasteiger partial charge >= 0.3 is 0 Å². The summed E-state index contributed by atoms with van der Waals surface area (Å²) in [6.07, 6.45) is 0. The minimum atomic E-state index is 0.630. The highest BCUT2D eigenvalue weighted by molar-refractivity contribution is 6.41. The van der Waals surface area contributed by atoms with E-state index in [4.69, 9.17) is 9.47 Å². The van der Waals surface area contributed by atoms with Gasteiger partial charge in [-0.15, -0.1) is 0 Å². The van der Waals surface area contributed by atoms with Crippen molar-refractivity contribution in [2.75, 3.05) is 13.2 Å². The van der Waals surface area contributed by atoms with E-state index in [2.05, 4.69) is 116 Å². The lowest BCUT2D eigenvalue weighted by Crippen LogP contribution is -1.96. The molecule has 8 rings (SSSR count). The maximum Gasteiger partial charge on any atom is 0.127 e. The largest absolute Gasteiger partial charge is 0.494 e. The molecule has 0 bridgehead atoms. The first-order valence-electron chi connectivity index (χ1n) is 14.1. The Morgan fingerprint density at radius 1 is 0.450 bits per heavy atom. The van der Waals surface area contributed by atoms with Crippen molar-refractivity contribution in [3.63, 3.8) is 0 Å². The van der Waals surface area contributed by atoms with Crippen LogP contribution in [0, 0.1) is 0 Å². The van der Waals surface area contributed by atoms with Crippen molar-refractivity contribution in [2.24, 2.45) is 0 Å².